The number of rotatable bonds is 6. The summed E-state index contributed by atoms with van der Waals surface area (Å²) >= 11 is 1.10. The molecular weight excluding hydrogens is 344 g/mol. The number of aromatic nitrogens is 1. The minimum absolute atomic E-state index is 0.0379. The lowest BCUT2D eigenvalue weighted by atomic mass is 10.1. The van der Waals surface area contributed by atoms with E-state index in [1.165, 1.54) is 19.2 Å². The van der Waals surface area contributed by atoms with Gasteiger partial charge < -0.3 is 15.8 Å². The molecule has 8 nitrogen and oxygen atoms in total. The van der Waals surface area contributed by atoms with Crippen LogP contribution in [0, 0.1) is 0 Å². The Balaban J connectivity index is 2.37. The van der Waals surface area contributed by atoms with E-state index in [1.54, 1.807) is 12.1 Å². The number of thiazole rings is 1. The fourth-order valence-electron chi connectivity index (χ4n) is 2.05. The van der Waals surface area contributed by atoms with Crippen molar-refractivity contribution in [1.29, 1.82) is 0 Å². The van der Waals surface area contributed by atoms with Gasteiger partial charge in [0.25, 0.3) is 5.91 Å². The van der Waals surface area contributed by atoms with Gasteiger partial charge in [-0.15, -0.1) is 0 Å². The first-order chi connectivity index (χ1) is 11.9. The number of nitrogens with two attached hydrogens (primary N) is 1. The molecule has 0 fully saturated rings. The van der Waals surface area contributed by atoms with E-state index < -0.39 is 11.9 Å². The second kappa shape index (κ2) is 8.25. The van der Waals surface area contributed by atoms with Gasteiger partial charge in [-0.25, -0.2) is 4.98 Å². The third-order valence-corrected chi connectivity index (χ3v) is 3.74. The highest BCUT2D eigenvalue weighted by Crippen LogP contribution is 2.29. The Morgan fingerprint density at radius 2 is 2.04 bits per heavy atom. The minimum atomic E-state index is -0.579. The molecule has 4 N–H and O–H groups in total. The maximum atomic E-state index is 12.7. The summed E-state index contributed by atoms with van der Waals surface area (Å²) in [5.74, 6) is -1.35. The number of nitrogens with zero attached hydrogens (tertiary/aromatic N) is 1. The van der Waals surface area contributed by atoms with Gasteiger partial charge in [0.05, 0.1) is 11.9 Å². The number of benzene rings is 1. The molecule has 9 heteroatoms. The summed E-state index contributed by atoms with van der Waals surface area (Å²) in [6, 6.07) is 4.62. The molecule has 2 aromatic rings. The zero-order valence-corrected chi connectivity index (χ0v) is 14.6. The van der Waals surface area contributed by atoms with Crippen LogP contribution in [0.15, 0.2) is 24.4 Å². The number of nitrogen functional groups attached to an aromatic ring is 1. The van der Waals surface area contributed by atoms with E-state index in [2.05, 4.69) is 15.6 Å². The summed E-state index contributed by atoms with van der Waals surface area (Å²) < 4.78 is 5.10. The van der Waals surface area contributed by atoms with Crippen molar-refractivity contribution in [3.8, 4) is 5.75 Å². The van der Waals surface area contributed by atoms with E-state index in [9.17, 15) is 14.4 Å². The van der Waals surface area contributed by atoms with Crippen molar-refractivity contribution in [2.24, 2.45) is 0 Å². The largest absolute Gasteiger partial charge is 0.426 e. The lowest BCUT2D eigenvalue weighted by Crippen LogP contribution is -2.19. The van der Waals surface area contributed by atoms with Crippen LogP contribution in [-0.2, 0) is 9.59 Å². The van der Waals surface area contributed by atoms with Gasteiger partial charge in [0.2, 0.25) is 5.91 Å². The van der Waals surface area contributed by atoms with Crippen LogP contribution in [0.5, 0.6) is 5.75 Å². The predicted molar refractivity (Wildman–Crippen MR) is 95.8 cm³/mol. The van der Waals surface area contributed by atoms with E-state index >= 15 is 0 Å². The van der Waals surface area contributed by atoms with Crippen LogP contribution >= 0.6 is 11.3 Å². The molecule has 0 aliphatic heterocycles. The van der Waals surface area contributed by atoms with Gasteiger partial charge in [0.15, 0.2) is 5.13 Å². The second-order valence-electron chi connectivity index (χ2n) is 5.09. The van der Waals surface area contributed by atoms with Gasteiger partial charge >= 0.3 is 5.97 Å². The number of amides is 2. The second-order valence-corrected chi connectivity index (χ2v) is 6.15. The van der Waals surface area contributed by atoms with E-state index in [0.29, 0.717) is 23.0 Å². The van der Waals surface area contributed by atoms with E-state index in [1.807, 2.05) is 6.92 Å². The number of hydrogen-bond acceptors (Lipinski definition) is 7. The van der Waals surface area contributed by atoms with Crippen molar-refractivity contribution in [2.75, 3.05) is 16.4 Å². The summed E-state index contributed by atoms with van der Waals surface area (Å²) in [5, 5.41) is 5.99. The maximum Gasteiger partial charge on any atom is 0.308 e. The zero-order chi connectivity index (χ0) is 18.4. The van der Waals surface area contributed by atoms with Crippen LogP contribution < -0.4 is 21.1 Å². The normalized spacial score (nSPS) is 10.2. The number of carbonyl (C=O) groups is 3. The first kappa shape index (κ1) is 18.4. The van der Waals surface area contributed by atoms with Crippen LogP contribution in [0.1, 0.15) is 37.0 Å². The molecule has 0 aliphatic rings. The SMILES string of the molecule is CCCC(=O)Nc1cccc(OC(C)=O)c1C(=O)Nc1ncc(N)s1. The maximum absolute atomic E-state index is 12.7. The van der Waals surface area contributed by atoms with Crippen molar-refractivity contribution >= 4 is 44.9 Å². The molecule has 2 amide bonds. The molecule has 132 valence electrons. The molecular formula is C16H18N4O4S. The van der Waals surface area contributed by atoms with Crippen LogP contribution in [0.4, 0.5) is 15.8 Å². The Labute approximate surface area is 148 Å². The van der Waals surface area contributed by atoms with Crippen LogP contribution in [0.2, 0.25) is 0 Å². The topological polar surface area (TPSA) is 123 Å². The molecule has 0 spiro atoms. The molecule has 0 bridgehead atoms. The zero-order valence-electron chi connectivity index (χ0n) is 13.8. The molecule has 2 rings (SSSR count). The Hall–Kier alpha value is -2.94. The van der Waals surface area contributed by atoms with Gasteiger partial charge in [0.1, 0.15) is 16.3 Å². The summed E-state index contributed by atoms with van der Waals surface area (Å²) in [5.41, 5.74) is 5.88. The third-order valence-electron chi connectivity index (χ3n) is 3.00. The summed E-state index contributed by atoms with van der Waals surface area (Å²) in [6.07, 6.45) is 2.39. The molecule has 1 aromatic heterocycles. The van der Waals surface area contributed by atoms with Crippen LogP contribution in [-0.4, -0.2) is 22.8 Å². The fraction of sp³-hybridized carbons (Fsp3) is 0.250. The molecule has 0 unspecified atom stereocenters. The Morgan fingerprint density at radius 3 is 2.64 bits per heavy atom. The number of carbonyl (C=O) groups excluding carboxylic acids is 3. The standard InChI is InChI=1S/C16H18N4O4S/c1-3-5-13(22)19-10-6-4-7-11(24-9(2)21)14(10)15(23)20-16-18-8-12(17)25-16/h4,6-8H,3,5,17H2,1-2H3,(H,19,22)(H,18,20,23). The first-order valence-corrected chi connectivity index (χ1v) is 8.36. The quantitative estimate of drug-likeness (QED) is 0.536. The number of ether oxygens (including phenoxy) is 1. The number of nitrogens with one attached hydrogen (secondary N) is 2. The molecule has 0 radical (unpaired) electrons. The summed E-state index contributed by atoms with van der Waals surface area (Å²) in [6.45, 7) is 3.10. The molecule has 25 heavy (non-hydrogen) atoms. The Bertz CT molecular complexity index is 803. The lowest BCUT2D eigenvalue weighted by Gasteiger charge is -2.14. The highest BCUT2D eigenvalue weighted by Gasteiger charge is 2.21. The molecule has 0 atom stereocenters. The van der Waals surface area contributed by atoms with Crippen molar-refractivity contribution < 1.29 is 19.1 Å². The molecule has 0 aliphatic carbocycles. The Morgan fingerprint density at radius 1 is 1.28 bits per heavy atom. The lowest BCUT2D eigenvalue weighted by molar-refractivity contribution is -0.131. The van der Waals surface area contributed by atoms with E-state index in [-0.39, 0.29) is 22.9 Å². The smallest absolute Gasteiger partial charge is 0.308 e. The van der Waals surface area contributed by atoms with Crippen molar-refractivity contribution in [3.05, 3.63) is 30.0 Å². The highest BCUT2D eigenvalue weighted by molar-refractivity contribution is 7.19. The van der Waals surface area contributed by atoms with E-state index in [0.717, 1.165) is 11.3 Å². The number of anilines is 3. The van der Waals surface area contributed by atoms with Gasteiger partial charge in [-0.05, 0) is 18.6 Å². The molecule has 1 heterocycles. The van der Waals surface area contributed by atoms with Crippen LogP contribution in [0.3, 0.4) is 0 Å². The molecule has 0 saturated carbocycles. The minimum Gasteiger partial charge on any atom is -0.426 e. The average Bonchev–Trinajstić information content (AvgIpc) is 2.92. The number of hydrogen-bond donors (Lipinski definition) is 3. The van der Waals surface area contributed by atoms with Gasteiger partial charge in [-0.3, -0.25) is 19.7 Å². The van der Waals surface area contributed by atoms with Gasteiger partial charge in [-0.2, -0.15) is 0 Å². The fourth-order valence-corrected chi connectivity index (χ4v) is 2.63. The summed E-state index contributed by atoms with van der Waals surface area (Å²) in [4.78, 5) is 39.8. The highest BCUT2D eigenvalue weighted by atomic mass is 32.1. The third kappa shape index (κ3) is 5.01. The van der Waals surface area contributed by atoms with Crippen molar-refractivity contribution in [3.63, 3.8) is 0 Å². The van der Waals surface area contributed by atoms with Crippen molar-refractivity contribution in [2.45, 2.75) is 26.7 Å². The predicted octanol–water partition coefficient (Wildman–Crippen LogP) is 2.64. The van der Waals surface area contributed by atoms with E-state index in [4.69, 9.17) is 10.5 Å². The Kier molecular flexibility index (Phi) is 6.07. The van der Waals surface area contributed by atoms with Gasteiger partial charge in [-0.1, -0.05) is 24.3 Å². The van der Waals surface area contributed by atoms with Crippen LogP contribution in [0.25, 0.3) is 0 Å². The molecule has 1 aromatic carbocycles. The monoisotopic (exact) mass is 362 g/mol. The first-order valence-electron chi connectivity index (χ1n) is 7.54. The average molecular weight is 362 g/mol. The van der Waals surface area contributed by atoms with Crippen molar-refractivity contribution in [1.82, 2.24) is 4.98 Å². The molecule has 0 saturated heterocycles. The van der Waals surface area contributed by atoms with Gasteiger partial charge in [0, 0.05) is 13.3 Å². The summed E-state index contributed by atoms with van der Waals surface area (Å²) in [7, 11) is 0. The number of esters is 1.